The monoisotopic (exact) mass is 347 g/mol. The second-order valence-electron chi connectivity index (χ2n) is 6.38. The third kappa shape index (κ3) is 3.19. The molecule has 2 heterocycles. The fraction of sp³-hybridized carbons (Fsp3) is 0.444. The highest BCUT2D eigenvalue weighted by atomic mass is 35.5. The maximum atomic E-state index is 12.8. The first-order chi connectivity index (χ1) is 11.5. The number of nitrogens with zero attached hydrogens (tertiary/aromatic N) is 3. The van der Waals surface area contributed by atoms with E-state index >= 15 is 0 Å². The molecule has 0 bridgehead atoms. The van der Waals surface area contributed by atoms with Crippen molar-refractivity contribution in [3.8, 4) is 0 Å². The fourth-order valence-corrected chi connectivity index (χ4v) is 3.47. The van der Waals surface area contributed by atoms with E-state index in [1.54, 1.807) is 0 Å². The molecule has 5 nitrogen and oxygen atoms in total. The number of likely N-dealkylation sites (tertiary alicyclic amines) is 1. The Morgan fingerprint density at radius 3 is 2.79 bits per heavy atom. The number of hydrogen-bond acceptors (Lipinski definition) is 3. The third-order valence-electron chi connectivity index (χ3n) is 4.70. The van der Waals surface area contributed by atoms with Gasteiger partial charge >= 0.3 is 0 Å². The molecule has 0 saturated carbocycles. The first kappa shape index (κ1) is 17.0. The Kier molecular flexibility index (Phi) is 4.92. The number of carbonyl (C=O) groups is 1. The molecule has 0 spiro atoms. The SMILES string of the molecule is Cc1nn(Cc2ccccc2Cl)c(C)c1C(=O)N1CCC(CO)C1. The van der Waals surface area contributed by atoms with Crippen molar-refractivity contribution in [1.82, 2.24) is 14.7 Å². The normalized spacial score (nSPS) is 17.5. The van der Waals surface area contributed by atoms with Crippen molar-refractivity contribution in [1.29, 1.82) is 0 Å². The Morgan fingerprint density at radius 1 is 1.38 bits per heavy atom. The highest BCUT2D eigenvalue weighted by Crippen LogP contribution is 2.23. The van der Waals surface area contributed by atoms with Gasteiger partial charge in [0.2, 0.25) is 0 Å². The first-order valence-electron chi connectivity index (χ1n) is 8.18. The summed E-state index contributed by atoms with van der Waals surface area (Å²) >= 11 is 6.23. The number of rotatable bonds is 4. The van der Waals surface area contributed by atoms with Crippen molar-refractivity contribution in [2.24, 2.45) is 5.92 Å². The molecule has 1 unspecified atom stereocenters. The van der Waals surface area contributed by atoms with Crippen LogP contribution in [0.3, 0.4) is 0 Å². The van der Waals surface area contributed by atoms with Gasteiger partial charge in [-0.1, -0.05) is 29.8 Å². The number of aliphatic hydroxyl groups is 1. The smallest absolute Gasteiger partial charge is 0.257 e. The average Bonchev–Trinajstić information content (AvgIpc) is 3.14. The van der Waals surface area contributed by atoms with Crippen LogP contribution in [-0.4, -0.2) is 45.4 Å². The van der Waals surface area contributed by atoms with Crippen molar-refractivity contribution >= 4 is 17.5 Å². The zero-order chi connectivity index (χ0) is 17.3. The largest absolute Gasteiger partial charge is 0.396 e. The van der Waals surface area contributed by atoms with Gasteiger partial charge in [-0.2, -0.15) is 5.10 Å². The highest BCUT2D eigenvalue weighted by Gasteiger charge is 2.29. The Balaban J connectivity index is 1.84. The second-order valence-corrected chi connectivity index (χ2v) is 6.79. The van der Waals surface area contributed by atoms with Crippen molar-refractivity contribution < 1.29 is 9.90 Å². The van der Waals surface area contributed by atoms with Crippen LogP contribution in [0.25, 0.3) is 0 Å². The van der Waals surface area contributed by atoms with Gasteiger partial charge in [0.15, 0.2) is 0 Å². The summed E-state index contributed by atoms with van der Waals surface area (Å²) in [6.07, 6.45) is 0.855. The number of amides is 1. The molecule has 1 N–H and O–H groups in total. The standard InChI is InChI=1S/C18H22ClN3O2/c1-12-17(18(24)21-8-7-14(9-21)11-23)13(2)22(20-12)10-15-5-3-4-6-16(15)19/h3-6,14,23H,7-11H2,1-2H3. The molecule has 0 aliphatic carbocycles. The quantitative estimate of drug-likeness (QED) is 0.925. The Hall–Kier alpha value is -1.85. The summed E-state index contributed by atoms with van der Waals surface area (Å²) in [4.78, 5) is 14.7. The number of aromatic nitrogens is 2. The van der Waals surface area contributed by atoms with Crippen LogP contribution in [0.4, 0.5) is 0 Å². The molecule has 2 aromatic rings. The predicted molar refractivity (Wildman–Crippen MR) is 93.4 cm³/mol. The van der Waals surface area contributed by atoms with E-state index in [2.05, 4.69) is 5.10 Å². The number of benzene rings is 1. The van der Waals surface area contributed by atoms with Crippen LogP contribution in [0, 0.1) is 19.8 Å². The van der Waals surface area contributed by atoms with Gasteiger partial charge in [0.05, 0.1) is 17.8 Å². The highest BCUT2D eigenvalue weighted by molar-refractivity contribution is 6.31. The van der Waals surface area contributed by atoms with E-state index in [-0.39, 0.29) is 18.4 Å². The number of carbonyl (C=O) groups excluding carboxylic acids is 1. The molecule has 1 aliphatic rings. The second kappa shape index (κ2) is 6.95. The van der Waals surface area contributed by atoms with Crippen LogP contribution in [0.15, 0.2) is 24.3 Å². The molecule has 1 aliphatic heterocycles. The molecule has 3 rings (SSSR count). The van der Waals surface area contributed by atoms with Crippen LogP contribution in [0.1, 0.15) is 33.7 Å². The lowest BCUT2D eigenvalue weighted by Crippen LogP contribution is -2.30. The van der Waals surface area contributed by atoms with Gasteiger partial charge in [-0.05, 0) is 31.9 Å². The lowest BCUT2D eigenvalue weighted by Gasteiger charge is -2.16. The summed E-state index contributed by atoms with van der Waals surface area (Å²) in [5.74, 6) is 0.194. The summed E-state index contributed by atoms with van der Waals surface area (Å²) in [7, 11) is 0. The van der Waals surface area contributed by atoms with Gasteiger partial charge in [-0.3, -0.25) is 9.48 Å². The van der Waals surface area contributed by atoms with E-state index in [1.165, 1.54) is 0 Å². The van der Waals surface area contributed by atoms with E-state index in [4.69, 9.17) is 11.6 Å². The van der Waals surface area contributed by atoms with Gasteiger partial charge in [0.25, 0.3) is 5.91 Å². The molecule has 0 radical (unpaired) electrons. The summed E-state index contributed by atoms with van der Waals surface area (Å²) in [5.41, 5.74) is 3.23. The molecule has 6 heteroatoms. The van der Waals surface area contributed by atoms with E-state index in [0.29, 0.717) is 30.2 Å². The first-order valence-corrected chi connectivity index (χ1v) is 8.56. The van der Waals surface area contributed by atoms with Crippen LogP contribution < -0.4 is 0 Å². The molecular formula is C18H22ClN3O2. The zero-order valence-corrected chi connectivity index (χ0v) is 14.8. The number of hydrogen-bond donors (Lipinski definition) is 1. The van der Waals surface area contributed by atoms with Gasteiger partial charge in [0.1, 0.15) is 0 Å². The van der Waals surface area contributed by atoms with Crippen LogP contribution in [0.2, 0.25) is 5.02 Å². The molecule has 1 saturated heterocycles. The van der Waals surface area contributed by atoms with Crippen molar-refractivity contribution in [3.05, 3.63) is 51.8 Å². The molecule has 128 valence electrons. The van der Waals surface area contributed by atoms with E-state index in [9.17, 15) is 9.90 Å². The summed E-state index contributed by atoms with van der Waals surface area (Å²) < 4.78 is 1.84. The topological polar surface area (TPSA) is 58.4 Å². The molecule has 1 amide bonds. The maximum absolute atomic E-state index is 12.8. The van der Waals surface area contributed by atoms with Crippen molar-refractivity contribution in [3.63, 3.8) is 0 Å². The minimum absolute atomic E-state index is 0.00589. The van der Waals surface area contributed by atoms with Crippen LogP contribution >= 0.6 is 11.6 Å². The summed E-state index contributed by atoms with van der Waals surface area (Å²) in [6.45, 7) is 5.77. The Labute approximate surface area is 146 Å². The van der Waals surface area contributed by atoms with Gasteiger partial charge in [0, 0.05) is 36.3 Å². The van der Waals surface area contributed by atoms with Crippen LogP contribution in [-0.2, 0) is 6.54 Å². The molecule has 24 heavy (non-hydrogen) atoms. The number of aryl methyl sites for hydroxylation is 1. The summed E-state index contributed by atoms with van der Waals surface area (Å²) in [6, 6.07) is 7.66. The molecule has 1 aromatic heterocycles. The maximum Gasteiger partial charge on any atom is 0.257 e. The average molecular weight is 348 g/mol. The van der Waals surface area contributed by atoms with E-state index < -0.39 is 0 Å². The molecule has 1 aromatic carbocycles. The Morgan fingerprint density at radius 2 is 2.12 bits per heavy atom. The molecular weight excluding hydrogens is 326 g/mol. The van der Waals surface area contributed by atoms with Gasteiger partial charge < -0.3 is 10.0 Å². The van der Waals surface area contributed by atoms with Crippen molar-refractivity contribution in [2.75, 3.05) is 19.7 Å². The van der Waals surface area contributed by atoms with E-state index in [1.807, 2.05) is 47.7 Å². The van der Waals surface area contributed by atoms with E-state index in [0.717, 1.165) is 23.4 Å². The van der Waals surface area contributed by atoms with Gasteiger partial charge in [-0.15, -0.1) is 0 Å². The van der Waals surface area contributed by atoms with Crippen molar-refractivity contribution in [2.45, 2.75) is 26.8 Å². The summed E-state index contributed by atoms with van der Waals surface area (Å²) in [5, 5.41) is 14.5. The minimum atomic E-state index is 0.00589. The number of halogens is 1. The van der Waals surface area contributed by atoms with Crippen LogP contribution in [0.5, 0.6) is 0 Å². The third-order valence-corrected chi connectivity index (χ3v) is 5.07. The van der Waals surface area contributed by atoms with Gasteiger partial charge in [-0.25, -0.2) is 0 Å². The lowest BCUT2D eigenvalue weighted by atomic mass is 10.1. The zero-order valence-electron chi connectivity index (χ0n) is 14.0. The molecule has 1 atom stereocenters. The fourth-order valence-electron chi connectivity index (χ4n) is 3.27. The Bertz CT molecular complexity index is 757. The predicted octanol–water partition coefficient (Wildman–Crippen LogP) is 2.66. The lowest BCUT2D eigenvalue weighted by molar-refractivity contribution is 0.0780. The number of aliphatic hydroxyl groups excluding tert-OH is 1. The minimum Gasteiger partial charge on any atom is -0.396 e. The molecule has 1 fully saturated rings.